The Morgan fingerprint density at radius 2 is 1.87 bits per heavy atom. The van der Waals surface area contributed by atoms with Crippen molar-refractivity contribution in [2.24, 2.45) is 5.41 Å². The molecule has 1 N–H and O–H groups in total. The minimum absolute atomic E-state index is 0.126. The summed E-state index contributed by atoms with van der Waals surface area (Å²) in [6, 6.07) is -0.186. The zero-order valence-electron chi connectivity index (χ0n) is 10.2. The van der Waals surface area contributed by atoms with E-state index in [9.17, 15) is 9.59 Å². The number of esters is 1. The van der Waals surface area contributed by atoms with E-state index in [0.717, 1.165) is 0 Å². The molecular weight excluding hydrogens is 194 g/mol. The maximum atomic E-state index is 11.3. The molecule has 15 heavy (non-hydrogen) atoms. The molecule has 0 radical (unpaired) electrons. The van der Waals surface area contributed by atoms with Crippen molar-refractivity contribution in [3.05, 3.63) is 0 Å². The SMILES string of the molecule is CCOC(=O)C[C@@H](NC(C)=O)C(C)(C)C. The normalized spacial score (nSPS) is 13.1. The lowest BCUT2D eigenvalue weighted by molar-refractivity contribution is -0.144. The van der Waals surface area contributed by atoms with Crippen LogP contribution in [0.15, 0.2) is 0 Å². The van der Waals surface area contributed by atoms with Crippen LogP contribution in [0.5, 0.6) is 0 Å². The summed E-state index contributed by atoms with van der Waals surface area (Å²) in [5.74, 6) is -0.398. The molecule has 4 nitrogen and oxygen atoms in total. The van der Waals surface area contributed by atoms with E-state index in [2.05, 4.69) is 5.32 Å². The van der Waals surface area contributed by atoms with Crippen LogP contribution in [0.2, 0.25) is 0 Å². The highest BCUT2D eigenvalue weighted by molar-refractivity contribution is 5.75. The summed E-state index contributed by atoms with van der Waals surface area (Å²) in [7, 11) is 0. The molecule has 0 unspecified atom stereocenters. The van der Waals surface area contributed by atoms with Gasteiger partial charge in [-0.2, -0.15) is 0 Å². The van der Waals surface area contributed by atoms with E-state index >= 15 is 0 Å². The van der Waals surface area contributed by atoms with Crippen molar-refractivity contribution in [1.82, 2.24) is 5.32 Å². The Labute approximate surface area is 91.4 Å². The highest BCUT2D eigenvalue weighted by atomic mass is 16.5. The summed E-state index contributed by atoms with van der Waals surface area (Å²) in [5.41, 5.74) is -0.154. The van der Waals surface area contributed by atoms with Crippen LogP contribution in [0.4, 0.5) is 0 Å². The fraction of sp³-hybridized carbons (Fsp3) is 0.818. The smallest absolute Gasteiger partial charge is 0.307 e. The second-order valence-electron chi connectivity index (χ2n) is 4.63. The Hall–Kier alpha value is -1.06. The number of carbonyl (C=O) groups is 2. The van der Waals surface area contributed by atoms with Gasteiger partial charge in [-0.05, 0) is 12.3 Å². The monoisotopic (exact) mass is 215 g/mol. The van der Waals surface area contributed by atoms with Crippen LogP contribution in [0.1, 0.15) is 41.0 Å². The first-order valence-corrected chi connectivity index (χ1v) is 5.20. The summed E-state index contributed by atoms with van der Waals surface area (Å²) in [4.78, 5) is 22.3. The number of hydrogen-bond donors (Lipinski definition) is 1. The van der Waals surface area contributed by atoms with Gasteiger partial charge in [0.1, 0.15) is 0 Å². The third kappa shape index (κ3) is 6.10. The molecule has 4 heteroatoms. The average Bonchev–Trinajstić information content (AvgIpc) is 2.00. The molecule has 1 atom stereocenters. The summed E-state index contributed by atoms with van der Waals surface area (Å²) >= 11 is 0. The zero-order chi connectivity index (χ0) is 12.1. The second kappa shape index (κ2) is 5.73. The number of nitrogens with one attached hydrogen (secondary N) is 1. The van der Waals surface area contributed by atoms with Crippen LogP contribution in [-0.4, -0.2) is 24.5 Å². The van der Waals surface area contributed by atoms with Crippen molar-refractivity contribution >= 4 is 11.9 Å². The van der Waals surface area contributed by atoms with Crippen molar-refractivity contribution < 1.29 is 14.3 Å². The van der Waals surface area contributed by atoms with E-state index in [0.29, 0.717) is 6.61 Å². The fourth-order valence-electron chi connectivity index (χ4n) is 1.21. The highest BCUT2D eigenvalue weighted by Gasteiger charge is 2.28. The third-order valence-corrected chi connectivity index (χ3v) is 2.10. The minimum atomic E-state index is -0.272. The van der Waals surface area contributed by atoms with Gasteiger partial charge >= 0.3 is 5.97 Å². The van der Waals surface area contributed by atoms with E-state index in [1.807, 2.05) is 20.8 Å². The number of ether oxygens (including phenoxy) is 1. The van der Waals surface area contributed by atoms with Gasteiger partial charge < -0.3 is 10.1 Å². The first-order valence-electron chi connectivity index (χ1n) is 5.20. The zero-order valence-corrected chi connectivity index (χ0v) is 10.2. The molecule has 0 spiro atoms. The molecule has 0 rings (SSSR count). The summed E-state index contributed by atoms with van der Waals surface area (Å²) in [6.07, 6.45) is 0.219. The van der Waals surface area contributed by atoms with Crippen LogP contribution in [-0.2, 0) is 14.3 Å². The van der Waals surface area contributed by atoms with Crippen LogP contribution in [0.25, 0.3) is 0 Å². The highest BCUT2D eigenvalue weighted by Crippen LogP contribution is 2.22. The molecule has 0 fully saturated rings. The quantitative estimate of drug-likeness (QED) is 0.723. The molecule has 0 bridgehead atoms. The Morgan fingerprint density at radius 1 is 1.33 bits per heavy atom. The minimum Gasteiger partial charge on any atom is -0.466 e. The molecule has 0 aliphatic rings. The van der Waals surface area contributed by atoms with Gasteiger partial charge in [0.15, 0.2) is 0 Å². The molecule has 0 aromatic carbocycles. The molecule has 0 saturated carbocycles. The summed E-state index contributed by atoms with van der Waals surface area (Å²) in [6.45, 7) is 9.52. The van der Waals surface area contributed by atoms with Gasteiger partial charge in [-0.15, -0.1) is 0 Å². The standard InChI is InChI=1S/C11H21NO3/c1-6-15-10(14)7-9(11(3,4)5)12-8(2)13/h9H,6-7H2,1-5H3,(H,12,13)/t9-/m1/s1. The Bertz CT molecular complexity index is 230. The van der Waals surface area contributed by atoms with Gasteiger partial charge in [0.25, 0.3) is 0 Å². The maximum absolute atomic E-state index is 11.3. The molecule has 1 amide bonds. The van der Waals surface area contributed by atoms with Gasteiger partial charge in [0.05, 0.1) is 13.0 Å². The predicted molar refractivity (Wildman–Crippen MR) is 58.3 cm³/mol. The van der Waals surface area contributed by atoms with Gasteiger partial charge in [0.2, 0.25) is 5.91 Å². The molecule has 0 aliphatic heterocycles. The second-order valence-corrected chi connectivity index (χ2v) is 4.63. The van der Waals surface area contributed by atoms with Crippen LogP contribution in [0, 0.1) is 5.41 Å². The number of rotatable bonds is 4. The molecule has 0 saturated heterocycles. The van der Waals surface area contributed by atoms with Crippen LogP contribution < -0.4 is 5.32 Å². The van der Waals surface area contributed by atoms with Crippen LogP contribution in [0.3, 0.4) is 0 Å². The molecule has 88 valence electrons. The van der Waals surface area contributed by atoms with Crippen molar-refractivity contribution in [3.63, 3.8) is 0 Å². The van der Waals surface area contributed by atoms with E-state index in [-0.39, 0.29) is 29.8 Å². The predicted octanol–water partition coefficient (Wildman–Crippen LogP) is 1.49. The van der Waals surface area contributed by atoms with E-state index in [1.165, 1.54) is 6.92 Å². The van der Waals surface area contributed by atoms with Gasteiger partial charge in [0, 0.05) is 13.0 Å². The summed E-state index contributed by atoms with van der Waals surface area (Å²) in [5, 5.41) is 2.77. The fourth-order valence-corrected chi connectivity index (χ4v) is 1.21. The Balaban J connectivity index is 4.38. The largest absolute Gasteiger partial charge is 0.466 e. The van der Waals surface area contributed by atoms with E-state index in [4.69, 9.17) is 4.74 Å². The average molecular weight is 215 g/mol. The molecule has 0 heterocycles. The number of amides is 1. The van der Waals surface area contributed by atoms with Crippen molar-refractivity contribution in [2.75, 3.05) is 6.61 Å². The van der Waals surface area contributed by atoms with Gasteiger partial charge in [-0.1, -0.05) is 20.8 Å². The van der Waals surface area contributed by atoms with E-state index in [1.54, 1.807) is 6.92 Å². The van der Waals surface area contributed by atoms with Crippen molar-refractivity contribution in [1.29, 1.82) is 0 Å². The van der Waals surface area contributed by atoms with Gasteiger partial charge in [-0.3, -0.25) is 9.59 Å². The molecule has 0 aromatic heterocycles. The Morgan fingerprint density at radius 3 is 2.20 bits per heavy atom. The first kappa shape index (κ1) is 13.9. The topological polar surface area (TPSA) is 55.4 Å². The van der Waals surface area contributed by atoms with Crippen LogP contribution >= 0.6 is 0 Å². The molecular formula is C11H21NO3. The Kier molecular flexibility index (Phi) is 5.33. The number of carbonyl (C=O) groups excluding carboxylic acids is 2. The lowest BCUT2D eigenvalue weighted by Gasteiger charge is -2.30. The first-order chi connectivity index (χ1) is 6.77. The van der Waals surface area contributed by atoms with E-state index < -0.39 is 0 Å². The van der Waals surface area contributed by atoms with Crippen molar-refractivity contribution in [2.45, 2.75) is 47.1 Å². The van der Waals surface area contributed by atoms with Crippen molar-refractivity contribution in [3.8, 4) is 0 Å². The third-order valence-electron chi connectivity index (χ3n) is 2.10. The molecule has 0 aromatic rings. The molecule has 0 aliphatic carbocycles. The van der Waals surface area contributed by atoms with Gasteiger partial charge in [-0.25, -0.2) is 0 Å². The maximum Gasteiger partial charge on any atom is 0.307 e. The number of hydrogen-bond acceptors (Lipinski definition) is 3. The lowest BCUT2D eigenvalue weighted by atomic mass is 9.85. The summed E-state index contributed by atoms with van der Waals surface area (Å²) < 4.78 is 4.86. The lowest BCUT2D eigenvalue weighted by Crippen LogP contribution is -2.44.